The average Bonchev–Trinajstić information content (AvgIpc) is 3.07. The Kier molecular flexibility index (Phi) is 8.62. The number of esters is 1. The van der Waals surface area contributed by atoms with Crippen LogP contribution >= 0.6 is 19.2 Å². The summed E-state index contributed by atoms with van der Waals surface area (Å²) in [5.41, 5.74) is -1.04. The molecular formula is C20H28ClN2O6P. The van der Waals surface area contributed by atoms with Crippen molar-refractivity contribution in [2.24, 2.45) is 0 Å². The summed E-state index contributed by atoms with van der Waals surface area (Å²) >= 11 is 5.90. The van der Waals surface area contributed by atoms with Crippen molar-refractivity contribution in [2.45, 2.75) is 58.7 Å². The van der Waals surface area contributed by atoms with E-state index in [0.29, 0.717) is 17.3 Å². The summed E-state index contributed by atoms with van der Waals surface area (Å²) in [7, 11) is -3.82. The highest BCUT2D eigenvalue weighted by atomic mass is 35.5. The van der Waals surface area contributed by atoms with Crippen molar-refractivity contribution in [3.63, 3.8) is 0 Å². The average molecular weight is 459 g/mol. The Labute approximate surface area is 181 Å². The van der Waals surface area contributed by atoms with Crippen molar-refractivity contribution in [2.75, 3.05) is 13.2 Å². The van der Waals surface area contributed by atoms with Crippen LogP contribution in [0.5, 0.6) is 0 Å². The zero-order chi connectivity index (χ0) is 22.4. The lowest BCUT2D eigenvalue weighted by atomic mass is 10.1. The molecule has 0 bridgehead atoms. The second-order valence-electron chi connectivity index (χ2n) is 7.54. The van der Waals surface area contributed by atoms with Crippen LogP contribution in [0.1, 0.15) is 51.9 Å². The maximum Gasteiger partial charge on any atom is 0.345 e. The van der Waals surface area contributed by atoms with Gasteiger partial charge in [0.25, 0.3) is 0 Å². The lowest BCUT2D eigenvalue weighted by Crippen LogP contribution is -2.34. The number of hydrogen-bond donors (Lipinski definition) is 0. The Hall–Kier alpha value is -1.73. The Morgan fingerprint density at radius 3 is 2.30 bits per heavy atom. The summed E-state index contributed by atoms with van der Waals surface area (Å²) < 4.78 is 34.8. The molecule has 0 aliphatic heterocycles. The minimum atomic E-state index is -3.82. The van der Waals surface area contributed by atoms with Crippen LogP contribution in [0, 0.1) is 0 Å². The molecule has 2 aromatic rings. The number of hydrogen-bond acceptors (Lipinski definition) is 8. The van der Waals surface area contributed by atoms with Gasteiger partial charge in [0.1, 0.15) is 5.60 Å². The van der Waals surface area contributed by atoms with Gasteiger partial charge in [-0.1, -0.05) is 28.9 Å². The van der Waals surface area contributed by atoms with Crippen molar-refractivity contribution in [1.82, 2.24) is 10.1 Å². The van der Waals surface area contributed by atoms with Crippen molar-refractivity contribution in [3.05, 3.63) is 46.6 Å². The van der Waals surface area contributed by atoms with Crippen LogP contribution in [0.4, 0.5) is 0 Å². The van der Waals surface area contributed by atoms with Gasteiger partial charge < -0.3 is 18.3 Å². The van der Waals surface area contributed by atoms with Gasteiger partial charge in [0.15, 0.2) is 11.5 Å². The van der Waals surface area contributed by atoms with E-state index in [1.807, 2.05) is 12.1 Å². The first kappa shape index (κ1) is 24.5. The fraction of sp³-hybridized carbons (Fsp3) is 0.550. The molecule has 0 aliphatic rings. The molecule has 1 heterocycles. The van der Waals surface area contributed by atoms with Gasteiger partial charge in [0.2, 0.25) is 5.89 Å². The van der Waals surface area contributed by atoms with E-state index in [4.69, 9.17) is 29.9 Å². The van der Waals surface area contributed by atoms with Crippen molar-refractivity contribution in [3.8, 4) is 0 Å². The zero-order valence-corrected chi connectivity index (χ0v) is 19.5. The third-order valence-electron chi connectivity index (χ3n) is 3.83. The number of ether oxygens (including phenoxy) is 1. The Morgan fingerprint density at radius 1 is 1.17 bits per heavy atom. The summed E-state index contributed by atoms with van der Waals surface area (Å²) in [5.74, 6) is -0.127. The molecule has 1 aromatic heterocycles. The van der Waals surface area contributed by atoms with Crippen molar-refractivity contribution in [1.29, 1.82) is 0 Å². The van der Waals surface area contributed by atoms with Gasteiger partial charge in [0.05, 0.1) is 19.6 Å². The SMILES string of the molecule is CCOP(=O)(OCC)[C@@H](Cc1nc(Cc2ccc(Cl)cc2)no1)C(=O)OC(C)(C)C. The number of benzene rings is 1. The predicted octanol–water partition coefficient (Wildman–Crippen LogP) is 4.83. The lowest BCUT2D eigenvalue weighted by molar-refractivity contribution is -0.154. The van der Waals surface area contributed by atoms with Gasteiger partial charge in [-0.2, -0.15) is 4.98 Å². The molecule has 0 radical (unpaired) electrons. The molecule has 0 fully saturated rings. The van der Waals surface area contributed by atoms with Gasteiger partial charge in [0, 0.05) is 11.4 Å². The van der Waals surface area contributed by atoms with Gasteiger partial charge >= 0.3 is 13.6 Å². The first-order valence-corrected chi connectivity index (χ1v) is 11.7. The Morgan fingerprint density at radius 2 is 1.77 bits per heavy atom. The topological polar surface area (TPSA) is 101 Å². The van der Waals surface area contributed by atoms with Crippen molar-refractivity contribution < 1.29 is 27.7 Å². The summed E-state index contributed by atoms with van der Waals surface area (Å²) in [5, 5.41) is 4.59. The Bertz CT molecular complexity index is 868. The summed E-state index contributed by atoms with van der Waals surface area (Å²) in [6.45, 7) is 8.76. The van der Waals surface area contributed by atoms with Crippen LogP contribution in [-0.2, 0) is 36.0 Å². The first-order chi connectivity index (χ1) is 14.1. The van der Waals surface area contributed by atoms with E-state index in [0.717, 1.165) is 5.56 Å². The molecule has 2 rings (SSSR count). The predicted molar refractivity (Wildman–Crippen MR) is 113 cm³/mol. The molecule has 0 aliphatic carbocycles. The van der Waals surface area contributed by atoms with E-state index in [1.165, 1.54) is 0 Å². The number of halogens is 1. The molecule has 166 valence electrons. The molecule has 1 atom stereocenters. The van der Waals surface area contributed by atoms with E-state index in [1.54, 1.807) is 46.8 Å². The number of nitrogens with zero attached hydrogens (tertiary/aromatic N) is 2. The summed E-state index contributed by atoms with van der Waals surface area (Å²) in [6.07, 6.45) is 0.298. The fourth-order valence-corrected chi connectivity index (χ4v) is 4.64. The van der Waals surface area contributed by atoms with Gasteiger partial charge in [-0.25, -0.2) is 0 Å². The first-order valence-electron chi connectivity index (χ1n) is 9.74. The van der Waals surface area contributed by atoms with Gasteiger partial charge in [-0.15, -0.1) is 0 Å². The van der Waals surface area contributed by atoms with Crippen LogP contribution in [0.2, 0.25) is 5.02 Å². The molecule has 0 saturated heterocycles. The number of carbonyl (C=O) groups is 1. The number of carbonyl (C=O) groups excluding carboxylic acids is 1. The van der Waals surface area contributed by atoms with Crippen LogP contribution in [-0.4, -0.2) is 40.6 Å². The molecule has 0 amide bonds. The number of aromatic nitrogens is 2. The second-order valence-corrected chi connectivity index (χ2v) is 10.2. The smallest absolute Gasteiger partial charge is 0.345 e. The second kappa shape index (κ2) is 10.5. The molecule has 0 spiro atoms. The molecule has 1 aromatic carbocycles. The Balaban J connectivity index is 2.24. The van der Waals surface area contributed by atoms with Gasteiger partial charge in [-0.3, -0.25) is 9.36 Å². The van der Waals surface area contributed by atoms with Gasteiger partial charge in [-0.05, 0) is 52.3 Å². The largest absolute Gasteiger partial charge is 0.459 e. The normalized spacial score (nSPS) is 13.3. The molecule has 10 heteroatoms. The molecule has 0 saturated carbocycles. The highest BCUT2D eigenvalue weighted by Crippen LogP contribution is 2.54. The molecule has 8 nitrogen and oxygen atoms in total. The molecule has 0 N–H and O–H groups in total. The van der Waals surface area contributed by atoms with E-state index in [2.05, 4.69) is 10.1 Å². The van der Waals surface area contributed by atoms with E-state index in [-0.39, 0.29) is 25.5 Å². The van der Waals surface area contributed by atoms with E-state index >= 15 is 0 Å². The standard InChI is InChI=1S/C20H28ClN2O6P/c1-6-26-30(25,27-7-2)16(19(24)28-20(3,4)5)13-18-22-17(23-29-18)12-14-8-10-15(21)11-9-14/h8-11,16H,6-7,12-13H2,1-5H3/t16-/m0/s1. The molecule has 0 unspecified atom stereocenters. The minimum absolute atomic E-state index is 0.113. The fourth-order valence-electron chi connectivity index (χ4n) is 2.67. The van der Waals surface area contributed by atoms with Crippen LogP contribution in [0.25, 0.3) is 0 Å². The summed E-state index contributed by atoms with van der Waals surface area (Å²) in [4.78, 5) is 17.2. The quantitative estimate of drug-likeness (QED) is 0.368. The van der Waals surface area contributed by atoms with E-state index in [9.17, 15) is 9.36 Å². The monoisotopic (exact) mass is 458 g/mol. The van der Waals surface area contributed by atoms with E-state index < -0.39 is 24.8 Å². The minimum Gasteiger partial charge on any atom is -0.459 e. The highest BCUT2D eigenvalue weighted by molar-refractivity contribution is 7.55. The van der Waals surface area contributed by atoms with Crippen LogP contribution in [0.15, 0.2) is 28.8 Å². The maximum atomic E-state index is 13.3. The highest BCUT2D eigenvalue weighted by Gasteiger charge is 2.44. The molecule has 30 heavy (non-hydrogen) atoms. The summed E-state index contributed by atoms with van der Waals surface area (Å²) in [6, 6.07) is 7.27. The zero-order valence-electron chi connectivity index (χ0n) is 17.9. The molecular weight excluding hydrogens is 431 g/mol. The van der Waals surface area contributed by atoms with Crippen molar-refractivity contribution >= 4 is 25.2 Å². The number of rotatable bonds is 10. The van der Waals surface area contributed by atoms with Crippen LogP contribution in [0.3, 0.4) is 0 Å². The maximum absolute atomic E-state index is 13.3. The third kappa shape index (κ3) is 7.20. The van der Waals surface area contributed by atoms with Crippen LogP contribution < -0.4 is 0 Å². The third-order valence-corrected chi connectivity index (χ3v) is 6.48. The lowest BCUT2D eigenvalue weighted by Gasteiger charge is -2.27.